The molecule has 2 nitrogen and oxygen atoms in total. The standard InChI is InChI=1S/C16H20ClFN2/c1-10-6-7-12(8-10)9-20-14-5-3-4-13(18)15(14)19-16(20)11(2)17/h3-5,10-12H,6-9H2,1-2H3. The summed E-state index contributed by atoms with van der Waals surface area (Å²) < 4.78 is 16.0. The highest BCUT2D eigenvalue weighted by atomic mass is 35.5. The number of nitrogens with zero attached hydrogens (tertiary/aromatic N) is 2. The van der Waals surface area contributed by atoms with Crippen LogP contribution in [0.15, 0.2) is 18.2 Å². The van der Waals surface area contributed by atoms with Crippen molar-refractivity contribution in [3.05, 3.63) is 29.8 Å². The van der Waals surface area contributed by atoms with E-state index in [9.17, 15) is 4.39 Å². The zero-order chi connectivity index (χ0) is 14.3. The van der Waals surface area contributed by atoms with Crippen LogP contribution in [0, 0.1) is 17.7 Å². The number of fused-ring (bicyclic) bond motifs is 1. The summed E-state index contributed by atoms with van der Waals surface area (Å²) in [7, 11) is 0. The molecule has 1 aromatic carbocycles. The van der Waals surface area contributed by atoms with Gasteiger partial charge in [0.15, 0.2) is 5.82 Å². The summed E-state index contributed by atoms with van der Waals surface area (Å²) in [6.07, 6.45) is 3.77. The second kappa shape index (κ2) is 5.36. The third-order valence-electron chi connectivity index (χ3n) is 4.36. The molecule has 1 aromatic heterocycles. The third-order valence-corrected chi connectivity index (χ3v) is 4.55. The maximum Gasteiger partial charge on any atom is 0.151 e. The molecule has 1 fully saturated rings. The molecule has 0 aliphatic heterocycles. The van der Waals surface area contributed by atoms with Gasteiger partial charge in [-0.15, -0.1) is 11.6 Å². The van der Waals surface area contributed by atoms with Crippen molar-refractivity contribution in [2.45, 2.75) is 45.0 Å². The quantitative estimate of drug-likeness (QED) is 0.735. The fourth-order valence-electron chi connectivity index (χ4n) is 3.38. The number of imidazole rings is 1. The molecular weight excluding hydrogens is 275 g/mol. The summed E-state index contributed by atoms with van der Waals surface area (Å²) in [6.45, 7) is 5.10. The van der Waals surface area contributed by atoms with Gasteiger partial charge in [0.25, 0.3) is 0 Å². The van der Waals surface area contributed by atoms with E-state index in [1.54, 1.807) is 6.07 Å². The Morgan fingerprint density at radius 2 is 2.25 bits per heavy atom. The van der Waals surface area contributed by atoms with Gasteiger partial charge in [-0.1, -0.05) is 19.4 Å². The highest BCUT2D eigenvalue weighted by molar-refractivity contribution is 6.20. The lowest BCUT2D eigenvalue weighted by Crippen LogP contribution is -2.11. The third kappa shape index (κ3) is 2.44. The van der Waals surface area contributed by atoms with Gasteiger partial charge in [-0.05, 0) is 43.7 Å². The predicted molar refractivity (Wildman–Crippen MR) is 80.5 cm³/mol. The zero-order valence-electron chi connectivity index (χ0n) is 11.9. The first kappa shape index (κ1) is 13.9. The van der Waals surface area contributed by atoms with E-state index in [-0.39, 0.29) is 11.2 Å². The van der Waals surface area contributed by atoms with E-state index in [0.717, 1.165) is 23.8 Å². The fraction of sp³-hybridized carbons (Fsp3) is 0.562. The molecule has 1 aliphatic carbocycles. The van der Waals surface area contributed by atoms with Crippen molar-refractivity contribution in [1.29, 1.82) is 0 Å². The summed E-state index contributed by atoms with van der Waals surface area (Å²) >= 11 is 6.24. The number of hydrogen-bond acceptors (Lipinski definition) is 1. The van der Waals surface area contributed by atoms with Crippen molar-refractivity contribution in [3.63, 3.8) is 0 Å². The lowest BCUT2D eigenvalue weighted by Gasteiger charge is -2.15. The molecule has 3 atom stereocenters. The van der Waals surface area contributed by atoms with Crippen LogP contribution < -0.4 is 0 Å². The van der Waals surface area contributed by atoms with Crippen LogP contribution in [0.1, 0.15) is 44.3 Å². The van der Waals surface area contributed by atoms with E-state index >= 15 is 0 Å². The van der Waals surface area contributed by atoms with E-state index in [0.29, 0.717) is 11.4 Å². The van der Waals surface area contributed by atoms with Crippen LogP contribution in [0.4, 0.5) is 4.39 Å². The Morgan fingerprint density at radius 1 is 1.45 bits per heavy atom. The number of rotatable bonds is 3. The van der Waals surface area contributed by atoms with Gasteiger partial charge in [-0.3, -0.25) is 0 Å². The maximum atomic E-state index is 13.9. The summed E-state index contributed by atoms with van der Waals surface area (Å²) in [4.78, 5) is 4.43. The number of aromatic nitrogens is 2. The van der Waals surface area contributed by atoms with E-state index in [1.165, 1.54) is 25.3 Å². The summed E-state index contributed by atoms with van der Waals surface area (Å²) in [5, 5.41) is -0.208. The Kier molecular flexibility index (Phi) is 3.72. The molecule has 3 rings (SSSR count). The largest absolute Gasteiger partial charge is 0.326 e. The molecule has 0 spiro atoms. The van der Waals surface area contributed by atoms with Gasteiger partial charge in [0, 0.05) is 6.54 Å². The first-order chi connectivity index (χ1) is 9.56. The summed E-state index contributed by atoms with van der Waals surface area (Å²) in [6, 6.07) is 5.14. The molecule has 1 heterocycles. The van der Waals surface area contributed by atoms with Gasteiger partial charge in [0.1, 0.15) is 11.3 Å². The number of hydrogen-bond donors (Lipinski definition) is 0. The molecule has 1 saturated carbocycles. The lowest BCUT2D eigenvalue weighted by atomic mass is 10.1. The van der Waals surface area contributed by atoms with Crippen molar-refractivity contribution < 1.29 is 4.39 Å². The van der Waals surface area contributed by atoms with Crippen LogP contribution in [0.3, 0.4) is 0 Å². The molecule has 1 aliphatic rings. The van der Waals surface area contributed by atoms with Gasteiger partial charge >= 0.3 is 0 Å². The van der Waals surface area contributed by atoms with Crippen molar-refractivity contribution >= 4 is 22.6 Å². The van der Waals surface area contributed by atoms with Gasteiger partial charge in [0.05, 0.1) is 10.9 Å². The lowest BCUT2D eigenvalue weighted by molar-refractivity contribution is 0.438. The SMILES string of the molecule is CC1CCC(Cn2c(C(C)Cl)nc3c(F)cccc32)C1. The first-order valence-electron chi connectivity index (χ1n) is 7.35. The average molecular weight is 295 g/mol. The molecule has 2 aromatic rings. The van der Waals surface area contributed by atoms with Crippen molar-refractivity contribution in [2.24, 2.45) is 11.8 Å². The Labute approximate surface area is 123 Å². The highest BCUT2D eigenvalue weighted by Gasteiger charge is 2.25. The maximum absolute atomic E-state index is 13.9. The van der Waals surface area contributed by atoms with Crippen LogP contribution in [-0.2, 0) is 6.54 Å². The molecule has 0 radical (unpaired) electrons. The minimum Gasteiger partial charge on any atom is -0.326 e. The van der Waals surface area contributed by atoms with Gasteiger partial charge in [-0.25, -0.2) is 9.37 Å². The van der Waals surface area contributed by atoms with Crippen LogP contribution >= 0.6 is 11.6 Å². The first-order valence-corrected chi connectivity index (χ1v) is 7.78. The average Bonchev–Trinajstić information content (AvgIpc) is 2.96. The van der Waals surface area contributed by atoms with Gasteiger partial charge in [0.2, 0.25) is 0 Å². The van der Waals surface area contributed by atoms with Crippen molar-refractivity contribution in [2.75, 3.05) is 0 Å². The van der Waals surface area contributed by atoms with Crippen LogP contribution in [0.2, 0.25) is 0 Å². The zero-order valence-corrected chi connectivity index (χ0v) is 12.7. The minimum atomic E-state index is -0.264. The molecule has 0 saturated heterocycles. The van der Waals surface area contributed by atoms with Crippen LogP contribution in [0.5, 0.6) is 0 Å². The number of halogens is 2. The van der Waals surface area contributed by atoms with Crippen molar-refractivity contribution in [1.82, 2.24) is 9.55 Å². The minimum absolute atomic E-state index is 0.208. The predicted octanol–water partition coefficient (Wildman–Crippen LogP) is 4.91. The Hall–Kier alpha value is -1.09. The van der Waals surface area contributed by atoms with Crippen LogP contribution in [0.25, 0.3) is 11.0 Å². The normalized spacial score (nSPS) is 24.4. The highest BCUT2D eigenvalue weighted by Crippen LogP contribution is 2.34. The number of alkyl halides is 1. The monoisotopic (exact) mass is 294 g/mol. The Morgan fingerprint density at radius 3 is 2.90 bits per heavy atom. The van der Waals surface area contributed by atoms with Crippen LogP contribution in [-0.4, -0.2) is 9.55 Å². The molecule has 4 heteroatoms. The Bertz CT molecular complexity index is 620. The van der Waals surface area contributed by atoms with E-state index in [2.05, 4.69) is 16.5 Å². The van der Waals surface area contributed by atoms with Crippen molar-refractivity contribution in [3.8, 4) is 0 Å². The van der Waals surface area contributed by atoms with E-state index in [1.807, 2.05) is 13.0 Å². The molecule has 108 valence electrons. The van der Waals surface area contributed by atoms with E-state index < -0.39 is 0 Å². The topological polar surface area (TPSA) is 17.8 Å². The molecule has 0 N–H and O–H groups in total. The van der Waals surface area contributed by atoms with Gasteiger partial charge in [-0.2, -0.15) is 0 Å². The molecule has 3 unspecified atom stereocenters. The molecular formula is C16H20ClFN2. The summed E-state index contributed by atoms with van der Waals surface area (Å²) in [5.41, 5.74) is 1.31. The second-order valence-corrected chi connectivity index (χ2v) is 6.74. The second-order valence-electron chi connectivity index (χ2n) is 6.09. The molecule has 0 bridgehead atoms. The van der Waals surface area contributed by atoms with E-state index in [4.69, 9.17) is 11.6 Å². The number of benzene rings is 1. The molecule has 0 amide bonds. The molecule has 20 heavy (non-hydrogen) atoms. The smallest absolute Gasteiger partial charge is 0.151 e. The van der Waals surface area contributed by atoms with Gasteiger partial charge < -0.3 is 4.57 Å². The number of para-hydroxylation sites is 1. The fourth-order valence-corrected chi connectivity index (χ4v) is 3.54. The summed E-state index contributed by atoms with van der Waals surface area (Å²) in [5.74, 6) is 1.97. The Balaban J connectivity index is 2.03.